The number of carbonyl (C=O) groups is 1. The Morgan fingerprint density at radius 1 is 1.47 bits per heavy atom. The maximum atomic E-state index is 11.7. The molecule has 2 rings (SSSR count). The fraction of sp³-hybridized carbons (Fsp3) is 0.636. The van der Waals surface area contributed by atoms with Gasteiger partial charge < -0.3 is 15.1 Å². The zero-order chi connectivity index (χ0) is 12.1. The summed E-state index contributed by atoms with van der Waals surface area (Å²) in [6.45, 7) is 6.09. The number of carbonyl (C=O) groups excluding carboxylic acids is 1. The summed E-state index contributed by atoms with van der Waals surface area (Å²) < 4.78 is 0. The first kappa shape index (κ1) is 12.2. The molecular formula is C11H18N4OS. The molecule has 0 aliphatic carbocycles. The first-order valence-corrected chi connectivity index (χ1v) is 6.86. The number of aromatic nitrogens is 1. The van der Waals surface area contributed by atoms with Crippen molar-refractivity contribution in [3.8, 4) is 0 Å². The Balaban J connectivity index is 1.80. The SMILES string of the molecule is CCCNC(=O)N1CCN(c2nccs2)CC1. The number of hydrogen-bond acceptors (Lipinski definition) is 4. The molecule has 0 aromatic carbocycles. The molecule has 6 heteroatoms. The van der Waals surface area contributed by atoms with Crippen LogP contribution in [0.3, 0.4) is 0 Å². The lowest BCUT2D eigenvalue weighted by atomic mass is 10.3. The highest BCUT2D eigenvalue weighted by molar-refractivity contribution is 7.13. The van der Waals surface area contributed by atoms with Crippen LogP contribution in [0, 0.1) is 0 Å². The summed E-state index contributed by atoms with van der Waals surface area (Å²) in [5.74, 6) is 0. The minimum atomic E-state index is 0.0608. The van der Waals surface area contributed by atoms with Crippen molar-refractivity contribution in [1.82, 2.24) is 15.2 Å². The molecule has 1 aliphatic rings. The molecule has 1 aromatic rings. The van der Waals surface area contributed by atoms with E-state index in [0.717, 1.165) is 44.3 Å². The van der Waals surface area contributed by atoms with Crippen molar-refractivity contribution in [2.75, 3.05) is 37.6 Å². The van der Waals surface area contributed by atoms with E-state index in [-0.39, 0.29) is 6.03 Å². The van der Waals surface area contributed by atoms with E-state index in [4.69, 9.17) is 0 Å². The molecule has 1 aromatic heterocycles. The van der Waals surface area contributed by atoms with Crippen molar-refractivity contribution in [2.24, 2.45) is 0 Å². The molecular weight excluding hydrogens is 236 g/mol. The Bertz CT molecular complexity index is 346. The maximum Gasteiger partial charge on any atom is 0.317 e. The van der Waals surface area contributed by atoms with Gasteiger partial charge in [-0.2, -0.15) is 0 Å². The third-order valence-corrected chi connectivity index (χ3v) is 3.62. The summed E-state index contributed by atoms with van der Waals surface area (Å²) in [6, 6.07) is 0.0608. The Morgan fingerprint density at radius 3 is 2.82 bits per heavy atom. The molecule has 1 saturated heterocycles. The fourth-order valence-electron chi connectivity index (χ4n) is 1.82. The summed E-state index contributed by atoms with van der Waals surface area (Å²) >= 11 is 1.65. The summed E-state index contributed by atoms with van der Waals surface area (Å²) in [6.07, 6.45) is 2.80. The van der Waals surface area contributed by atoms with Gasteiger partial charge in [0.25, 0.3) is 0 Å². The van der Waals surface area contributed by atoms with E-state index in [0.29, 0.717) is 0 Å². The molecule has 17 heavy (non-hydrogen) atoms. The average molecular weight is 254 g/mol. The minimum absolute atomic E-state index is 0.0608. The third kappa shape index (κ3) is 3.09. The van der Waals surface area contributed by atoms with E-state index < -0.39 is 0 Å². The first-order chi connectivity index (χ1) is 8.31. The Hall–Kier alpha value is -1.30. The number of hydrogen-bond donors (Lipinski definition) is 1. The summed E-state index contributed by atoms with van der Waals surface area (Å²) in [4.78, 5) is 20.1. The highest BCUT2D eigenvalue weighted by Gasteiger charge is 2.21. The number of amides is 2. The summed E-state index contributed by atoms with van der Waals surface area (Å²) in [7, 11) is 0. The van der Waals surface area contributed by atoms with Gasteiger partial charge in [-0.15, -0.1) is 11.3 Å². The minimum Gasteiger partial charge on any atom is -0.345 e. The van der Waals surface area contributed by atoms with Gasteiger partial charge in [0.2, 0.25) is 0 Å². The van der Waals surface area contributed by atoms with E-state index in [2.05, 4.69) is 22.1 Å². The monoisotopic (exact) mass is 254 g/mol. The summed E-state index contributed by atoms with van der Waals surface area (Å²) in [5, 5.41) is 5.94. The molecule has 0 bridgehead atoms. The Morgan fingerprint density at radius 2 is 2.24 bits per heavy atom. The van der Waals surface area contributed by atoms with Gasteiger partial charge >= 0.3 is 6.03 Å². The molecule has 0 saturated carbocycles. The lowest BCUT2D eigenvalue weighted by Gasteiger charge is -2.34. The molecule has 0 atom stereocenters. The maximum absolute atomic E-state index is 11.7. The third-order valence-electron chi connectivity index (χ3n) is 2.78. The Labute approximate surface area is 105 Å². The van der Waals surface area contributed by atoms with Crippen LogP contribution in [-0.4, -0.2) is 48.6 Å². The highest BCUT2D eigenvalue weighted by atomic mass is 32.1. The van der Waals surface area contributed by atoms with Gasteiger partial charge in [0, 0.05) is 44.3 Å². The van der Waals surface area contributed by atoms with Crippen molar-refractivity contribution in [3.63, 3.8) is 0 Å². The number of nitrogens with zero attached hydrogens (tertiary/aromatic N) is 3. The standard InChI is InChI=1S/C11H18N4OS/c1-2-3-12-10(16)14-5-7-15(8-6-14)11-13-4-9-17-11/h4,9H,2-3,5-8H2,1H3,(H,12,16). The number of urea groups is 1. The van der Waals surface area contributed by atoms with Gasteiger partial charge in [0.1, 0.15) is 0 Å². The average Bonchev–Trinajstić information content (AvgIpc) is 2.90. The van der Waals surface area contributed by atoms with Crippen LogP contribution in [0.5, 0.6) is 0 Å². The van der Waals surface area contributed by atoms with Gasteiger partial charge in [-0.25, -0.2) is 9.78 Å². The van der Waals surface area contributed by atoms with E-state index >= 15 is 0 Å². The van der Waals surface area contributed by atoms with Crippen molar-refractivity contribution >= 4 is 22.5 Å². The van der Waals surface area contributed by atoms with E-state index in [9.17, 15) is 4.79 Å². The van der Waals surface area contributed by atoms with E-state index in [1.807, 2.05) is 16.5 Å². The van der Waals surface area contributed by atoms with Crippen molar-refractivity contribution in [3.05, 3.63) is 11.6 Å². The number of nitrogens with one attached hydrogen (secondary N) is 1. The quantitative estimate of drug-likeness (QED) is 0.886. The normalized spacial score (nSPS) is 16.1. The van der Waals surface area contributed by atoms with Crippen LogP contribution < -0.4 is 10.2 Å². The van der Waals surface area contributed by atoms with Gasteiger partial charge in [-0.1, -0.05) is 6.92 Å². The van der Waals surface area contributed by atoms with Crippen LogP contribution in [-0.2, 0) is 0 Å². The van der Waals surface area contributed by atoms with Gasteiger partial charge in [-0.3, -0.25) is 0 Å². The van der Waals surface area contributed by atoms with Crippen molar-refractivity contribution < 1.29 is 4.79 Å². The second kappa shape index (κ2) is 5.86. The van der Waals surface area contributed by atoms with Gasteiger partial charge in [0.05, 0.1) is 0 Å². The number of rotatable bonds is 3. The number of piperazine rings is 1. The second-order valence-corrected chi connectivity index (χ2v) is 4.89. The molecule has 0 spiro atoms. The molecule has 5 nitrogen and oxygen atoms in total. The molecule has 2 heterocycles. The molecule has 1 fully saturated rings. The predicted molar refractivity (Wildman–Crippen MR) is 69.6 cm³/mol. The number of anilines is 1. The second-order valence-electron chi connectivity index (χ2n) is 4.02. The summed E-state index contributed by atoms with van der Waals surface area (Å²) in [5.41, 5.74) is 0. The van der Waals surface area contributed by atoms with Crippen molar-refractivity contribution in [1.29, 1.82) is 0 Å². The van der Waals surface area contributed by atoms with Crippen LogP contribution in [0.15, 0.2) is 11.6 Å². The molecule has 0 unspecified atom stereocenters. The van der Waals surface area contributed by atoms with Crippen LogP contribution in [0.1, 0.15) is 13.3 Å². The van der Waals surface area contributed by atoms with Crippen LogP contribution in [0.2, 0.25) is 0 Å². The highest BCUT2D eigenvalue weighted by Crippen LogP contribution is 2.18. The molecule has 2 amide bonds. The smallest absolute Gasteiger partial charge is 0.317 e. The molecule has 1 N–H and O–H groups in total. The van der Waals surface area contributed by atoms with Gasteiger partial charge in [-0.05, 0) is 6.42 Å². The first-order valence-electron chi connectivity index (χ1n) is 5.98. The van der Waals surface area contributed by atoms with Crippen LogP contribution in [0.4, 0.5) is 9.93 Å². The molecule has 0 radical (unpaired) electrons. The predicted octanol–water partition coefficient (Wildman–Crippen LogP) is 1.38. The van der Waals surface area contributed by atoms with E-state index in [1.165, 1.54) is 0 Å². The topological polar surface area (TPSA) is 48.5 Å². The zero-order valence-electron chi connectivity index (χ0n) is 10.1. The van der Waals surface area contributed by atoms with Crippen LogP contribution >= 0.6 is 11.3 Å². The lowest BCUT2D eigenvalue weighted by Crippen LogP contribution is -2.52. The van der Waals surface area contributed by atoms with Crippen molar-refractivity contribution in [2.45, 2.75) is 13.3 Å². The largest absolute Gasteiger partial charge is 0.345 e. The van der Waals surface area contributed by atoms with Crippen LogP contribution in [0.25, 0.3) is 0 Å². The lowest BCUT2D eigenvalue weighted by molar-refractivity contribution is 0.194. The molecule has 94 valence electrons. The molecule has 1 aliphatic heterocycles. The zero-order valence-corrected chi connectivity index (χ0v) is 10.9. The fourth-order valence-corrected chi connectivity index (χ4v) is 2.51. The Kier molecular flexibility index (Phi) is 4.19. The number of thiazole rings is 1. The van der Waals surface area contributed by atoms with Gasteiger partial charge in [0.15, 0.2) is 5.13 Å². The van der Waals surface area contributed by atoms with E-state index in [1.54, 1.807) is 11.3 Å².